The molecule has 0 unspecified atom stereocenters. The number of hydrogen-bond donors (Lipinski definition) is 1. The minimum atomic E-state index is 0.711. The average molecular weight is 168 g/mol. The summed E-state index contributed by atoms with van der Waals surface area (Å²) in [4.78, 5) is 0. The second kappa shape index (κ2) is 4.93. The van der Waals surface area contributed by atoms with E-state index in [0.29, 0.717) is 6.54 Å². The molecule has 0 bridgehead atoms. The summed E-state index contributed by atoms with van der Waals surface area (Å²) in [6, 6.07) is 0. The van der Waals surface area contributed by atoms with Crippen LogP contribution in [0, 0.1) is 0 Å². The van der Waals surface area contributed by atoms with E-state index in [1.54, 1.807) is 0 Å². The van der Waals surface area contributed by atoms with Crippen molar-refractivity contribution >= 4 is 0 Å². The maximum Gasteiger partial charge on any atom is 0.243 e. The van der Waals surface area contributed by atoms with Gasteiger partial charge in [-0.1, -0.05) is 13.3 Å². The highest BCUT2D eigenvalue weighted by Crippen LogP contribution is 1.87. The zero-order chi connectivity index (χ0) is 8.81. The first-order chi connectivity index (χ1) is 5.86. The van der Waals surface area contributed by atoms with Gasteiger partial charge in [0.25, 0.3) is 0 Å². The predicted octanol–water partition coefficient (Wildman–Crippen LogP) is 0.534. The summed E-state index contributed by atoms with van der Waals surface area (Å²) < 4.78 is 4.33. The molecule has 0 aliphatic carbocycles. The molecule has 1 heterocycles. The highest BCUT2D eigenvalue weighted by molar-refractivity contribution is 4.65. The number of aryl methyl sites for hydroxylation is 1. The van der Waals surface area contributed by atoms with E-state index >= 15 is 0 Å². The molecule has 3 heteroatoms. The Labute approximate surface area is 73.8 Å². The number of imidazole rings is 1. The number of rotatable bonds is 5. The number of nitrogens with zero attached hydrogens (tertiary/aromatic N) is 2. The first-order valence-corrected chi connectivity index (χ1v) is 4.61. The van der Waals surface area contributed by atoms with Gasteiger partial charge in [0.1, 0.15) is 18.9 Å². The highest BCUT2D eigenvalue weighted by Gasteiger charge is 2.00. The van der Waals surface area contributed by atoms with Crippen molar-refractivity contribution in [1.82, 2.24) is 4.57 Å². The van der Waals surface area contributed by atoms with E-state index in [9.17, 15) is 0 Å². The van der Waals surface area contributed by atoms with Gasteiger partial charge in [-0.25, -0.2) is 9.13 Å². The van der Waals surface area contributed by atoms with Gasteiger partial charge in [0.15, 0.2) is 0 Å². The van der Waals surface area contributed by atoms with E-state index in [1.807, 2.05) is 0 Å². The second-order valence-corrected chi connectivity index (χ2v) is 3.03. The predicted molar refractivity (Wildman–Crippen MR) is 48.6 cm³/mol. The van der Waals surface area contributed by atoms with E-state index in [4.69, 9.17) is 5.73 Å². The fraction of sp³-hybridized carbons (Fsp3) is 0.667. The number of hydrogen-bond acceptors (Lipinski definition) is 1. The zero-order valence-corrected chi connectivity index (χ0v) is 7.74. The van der Waals surface area contributed by atoms with Crippen LogP contribution in [0.4, 0.5) is 0 Å². The molecule has 0 saturated heterocycles. The van der Waals surface area contributed by atoms with Gasteiger partial charge in [-0.2, -0.15) is 0 Å². The van der Waals surface area contributed by atoms with E-state index in [2.05, 4.69) is 34.8 Å². The molecule has 0 saturated carbocycles. The Hall–Kier alpha value is -0.830. The summed E-state index contributed by atoms with van der Waals surface area (Å²) in [5.74, 6) is 0. The first-order valence-electron chi connectivity index (χ1n) is 4.61. The standard InChI is InChI=1S/C9H18N3/c1-2-3-5-11-7-8-12(9-11)6-4-10/h7-9H,2-6,10H2,1H3/q+1. The SMILES string of the molecule is CCCC[n+]1ccn(CCN)c1. The van der Waals surface area contributed by atoms with Crippen LogP contribution in [0.3, 0.4) is 0 Å². The monoisotopic (exact) mass is 168 g/mol. The normalized spacial score (nSPS) is 10.5. The maximum atomic E-state index is 5.44. The Balaban J connectivity index is 2.41. The summed E-state index contributed by atoms with van der Waals surface area (Å²) in [6.07, 6.45) is 8.78. The molecule has 0 spiro atoms. The Morgan fingerprint density at radius 3 is 3.00 bits per heavy atom. The van der Waals surface area contributed by atoms with Crippen LogP contribution in [0.1, 0.15) is 19.8 Å². The topological polar surface area (TPSA) is 34.8 Å². The summed E-state index contributed by atoms with van der Waals surface area (Å²) in [7, 11) is 0. The molecule has 0 aromatic carbocycles. The highest BCUT2D eigenvalue weighted by atomic mass is 15.1. The fourth-order valence-electron chi connectivity index (χ4n) is 1.19. The minimum Gasteiger partial charge on any atom is -0.327 e. The van der Waals surface area contributed by atoms with Gasteiger partial charge >= 0.3 is 0 Å². The lowest BCUT2D eigenvalue weighted by Gasteiger charge is -1.92. The van der Waals surface area contributed by atoms with Crippen molar-refractivity contribution < 1.29 is 4.57 Å². The Bertz CT molecular complexity index is 217. The third-order valence-corrected chi connectivity index (χ3v) is 1.90. The Morgan fingerprint density at radius 2 is 2.33 bits per heavy atom. The van der Waals surface area contributed by atoms with Gasteiger partial charge in [0, 0.05) is 6.54 Å². The molecule has 12 heavy (non-hydrogen) atoms. The minimum absolute atomic E-state index is 0.711. The molecule has 68 valence electrons. The third-order valence-electron chi connectivity index (χ3n) is 1.90. The second-order valence-electron chi connectivity index (χ2n) is 3.03. The van der Waals surface area contributed by atoms with Gasteiger partial charge in [-0.15, -0.1) is 0 Å². The summed E-state index contributed by atoms with van der Waals surface area (Å²) in [5, 5.41) is 0. The summed E-state index contributed by atoms with van der Waals surface area (Å²) in [6.45, 7) is 4.95. The van der Waals surface area contributed by atoms with Gasteiger partial charge < -0.3 is 5.73 Å². The van der Waals surface area contributed by atoms with Crippen LogP contribution in [0.5, 0.6) is 0 Å². The van der Waals surface area contributed by atoms with E-state index in [-0.39, 0.29) is 0 Å². The molecule has 1 aromatic heterocycles. The molecule has 2 N–H and O–H groups in total. The molecule has 0 radical (unpaired) electrons. The lowest BCUT2D eigenvalue weighted by molar-refractivity contribution is -0.696. The Morgan fingerprint density at radius 1 is 1.50 bits per heavy atom. The van der Waals surface area contributed by atoms with E-state index < -0.39 is 0 Å². The van der Waals surface area contributed by atoms with Crippen molar-refractivity contribution in [2.45, 2.75) is 32.9 Å². The number of unbranched alkanes of at least 4 members (excludes halogenated alkanes) is 1. The van der Waals surface area contributed by atoms with Crippen LogP contribution >= 0.6 is 0 Å². The third kappa shape index (κ3) is 2.66. The van der Waals surface area contributed by atoms with E-state index in [0.717, 1.165) is 13.1 Å². The van der Waals surface area contributed by atoms with Gasteiger partial charge in [-0.3, -0.25) is 0 Å². The van der Waals surface area contributed by atoms with Crippen LogP contribution in [-0.2, 0) is 13.1 Å². The molecule has 3 nitrogen and oxygen atoms in total. The molecule has 1 aromatic rings. The first kappa shape index (κ1) is 9.26. The van der Waals surface area contributed by atoms with Crippen molar-refractivity contribution in [1.29, 1.82) is 0 Å². The summed E-state index contributed by atoms with van der Waals surface area (Å²) in [5.41, 5.74) is 5.44. The molecule has 1 rings (SSSR count). The molecular weight excluding hydrogens is 150 g/mol. The van der Waals surface area contributed by atoms with Crippen LogP contribution in [-0.4, -0.2) is 11.1 Å². The van der Waals surface area contributed by atoms with Crippen molar-refractivity contribution in [2.75, 3.05) is 6.54 Å². The zero-order valence-electron chi connectivity index (χ0n) is 7.74. The van der Waals surface area contributed by atoms with Crippen molar-refractivity contribution in [3.8, 4) is 0 Å². The van der Waals surface area contributed by atoms with Gasteiger partial charge in [-0.05, 0) is 6.42 Å². The van der Waals surface area contributed by atoms with Crippen molar-refractivity contribution in [3.63, 3.8) is 0 Å². The van der Waals surface area contributed by atoms with Crippen LogP contribution < -0.4 is 10.3 Å². The van der Waals surface area contributed by atoms with Crippen molar-refractivity contribution in [2.24, 2.45) is 5.73 Å². The summed E-state index contributed by atoms with van der Waals surface area (Å²) >= 11 is 0. The molecule has 0 aliphatic rings. The molecule has 0 atom stereocenters. The lowest BCUT2D eigenvalue weighted by Crippen LogP contribution is -2.30. The van der Waals surface area contributed by atoms with Gasteiger partial charge in [0.05, 0.1) is 6.54 Å². The molecule has 0 fully saturated rings. The fourth-order valence-corrected chi connectivity index (χ4v) is 1.19. The molecule has 0 amide bonds. The number of aromatic nitrogens is 2. The number of nitrogens with two attached hydrogens (primary N) is 1. The Kier molecular flexibility index (Phi) is 3.80. The van der Waals surface area contributed by atoms with Crippen LogP contribution in [0.2, 0.25) is 0 Å². The van der Waals surface area contributed by atoms with Crippen molar-refractivity contribution in [3.05, 3.63) is 18.7 Å². The van der Waals surface area contributed by atoms with Crippen LogP contribution in [0.25, 0.3) is 0 Å². The molecular formula is C9H18N3+. The maximum absolute atomic E-state index is 5.44. The largest absolute Gasteiger partial charge is 0.327 e. The van der Waals surface area contributed by atoms with Gasteiger partial charge in [0.2, 0.25) is 6.33 Å². The lowest BCUT2D eigenvalue weighted by atomic mass is 10.3. The van der Waals surface area contributed by atoms with Crippen LogP contribution in [0.15, 0.2) is 18.7 Å². The average Bonchev–Trinajstić information content (AvgIpc) is 2.50. The quantitative estimate of drug-likeness (QED) is 0.640. The molecule has 0 aliphatic heterocycles. The van der Waals surface area contributed by atoms with E-state index in [1.165, 1.54) is 12.8 Å². The smallest absolute Gasteiger partial charge is 0.243 e.